The maximum Gasteiger partial charge on any atom is 0.416 e. The molecular weight excluding hydrogens is 497 g/mol. The number of ether oxygens (including phenoxy) is 1. The number of nitrogens with zero attached hydrogens (tertiary/aromatic N) is 3. The second kappa shape index (κ2) is 12.1. The lowest BCUT2D eigenvalue weighted by molar-refractivity contribution is -0.137. The van der Waals surface area contributed by atoms with Gasteiger partial charge in [-0.1, -0.05) is 24.3 Å². The van der Waals surface area contributed by atoms with Crippen LogP contribution in [-0.2, 0) is 24.0 Å². The summed E-state index contributed by atoms with van der Waals surface area (Å²) < 4.78 is 44.2. The summed E-state index contributed by atoms with van der Waals surface area (Å²) in [7, 11) is 1.35. The fourth-order valence-electron chi connectivity index (χ4n) is 4.54. The van der Waals surface area contributed by atoms with Crippen LogP contribution >= 0.6 is 0 Å². The van der Waals surface area contributed by atoms with Gasteiger partial charge in [0.05, 0.1) is 18.2 Å². The lowest BCUT2D eigenvalue weighted by Crippen LogP contribution is -2.48. The third kappa shape index (κ3) is 7.10. The number of amides is 2. The summed E-state index contributed by atoms with van der Waals surface area (Å²) in [5, 5.41) is 2.66. The van der Waals surface area contributed by atoms with E-state index in [4.69, 9.17) is 4.74 Å². The van der Waals surface area contributed by atoms with Gasteiger partial charge in [-0.3, -0.25) is 9.88 Å². The number of alkyl halides is 3. The number of aromatic nitrogens is 1. The van der Waals surface area contributed by atoms with Crippen molar-refractivity contribution in [2.75, 3.05) is 25.5 Å². The first kappa shape index (κ1) is 27.1. The Balaban J connectivity index is 1.42. The zero-order chi connectivity index (χ0) is 27.1. The number of carbonyl (C=O) groups is 2. The standard InChI is InChI=1S/C28H29F3N4O3/c1-38-26(36)22-9-7-20(8-10-22)18-34-14-11-25(12-15-34)35(19-21-4-3-13-32-17-21)27(37)33-24-6-2-5-23(16-24)28(29,30)31/h2-10,13,16-17,25H,11-12,14-15,18-19H2,1H3,(H,33,37). The maximum absolute atomic E-state index is 13.3. The Kier molecular flexibility index (Phi) is 8.62. The van der Waals surface area contributed by atoms with Crippen molar-refractivity contribution >= 4 is 17.7 Å². The topological polar surface area (TPSA) is 74.8 Å². The molecule has 10 heteroatoms. The van der Waals surface area contributed by atoms with Crippen molar-refractivity contribution in [2.45, 2.75) is 38.1 Å². The number of urea groups is 1. The quantitative estimate of drug-likeness (QED) is 0.407. The molecule has 2 amide bonds. The molecule has 200 valence electrons. The summed E-state index contributed by atoms with van der Waals surface area (Å²) in [6.45, 7) is 2.47. The number of halogens is 3. The number of nitrogens with one attached hydrogen (secondary N) is 1. The van der Waals surface area contributed by atoms with E-state index in [0.29, 0.717) is 24.9 Å². The van der Waals surface area contributed by atoms with E-state index in [0.717, 1.165) is 36.3 Å². The van der Waals surface area contributed by atoms with Gasteiger partial charge in [0.2, 0.25) is 0 Å². The van der Waals surface area contributed by atoms with Crippen LogP contribution in [0, 0.1) is 0 Å². The highest BCUT2D eigenvalue weighted by molar-refractivity contribution is 5.90. The Hall–Kier alpha value is -3.92. The highest BCUT2D eigenvalue weighted by Gasteiger charge is 2.32. The van der Waals surface area contributed by atoms with Gasteiger partial charge in [0.25, 0.3) is 0 Å². The van der Waals surface area contributed by atoms with E-state index in [-0.39, 0.29) is 24.2 Å². The smallest absolute Gasteiger partial charge is 0.416 e. The molecule has 1 fully saturated rings. The van der Waals surface area contributed by atoms with E-state index in [2.05, 4.69) is 15.2 Å². The molecule has 0 unspecified atom stereocenters. The monoisotopic (exact) mass is 526 g/mol. The van der Waals surface area contributed by atoms with Crippen LogP contribution in [0.5, 0.6) is 0 Å². The van der Waals surface area contributed by atoms with Crippen molar-refractivity contribution in [1.82, 2.24) is 14.8 Å². The van der Waals surface area contributed by atoms with Gasteiger partial charge in [-0.15, -0.1) is 0 Å². The molecule has 1 aliphatic rings. The molecule has 2 heterocycles. The molecule has 1 aliphatic heterocycles. The van der Waals surface area contributed by atoms with Crippen molar-refractivity contribution in [3.05, 3.63) is 95.3 Å². The largest absolute Gasteiger partial charge is 0.465 e. The molecule has 0 bridgehead atoms. The van der Waals surface area contributed by atoms with E-state index in [1.54, 1.807) is 35.5 Å². The van der Waals surface area contributed by atoms with Crippen LogP contribution in [0.15, 0.2) is 73.1 Å². The van der Waals surface area contributed by atoms with Gasteiger partial charge >= 0.3 is 18.2 Å². The maximum atomic E-state index is 13.3. The van der Waals surface area contributed by atoms with Crippen molar-refractivity contribution in [2.24, 2.45) is 0 Å². The summed E-state index contributed by atoms with van der Waals surface area (Å²) in [6.07, 6.45) is 0.236. The Bertz CT molecular complexity index is 1230. The number of hydrogen-bond donors (Lipinski definition) is 1. The van der Waals surface area contributed by atoms with Crippen LogP contribution in [0.25, 0.3) is 0 Å². The summed E-state index contributed by atoms with van der Waals surface area (Å²) >= 11 is 0. The third-order valence-electron chi connectivity index (χ3n) is 6.56. The number of piperidine rings is 1. The van der Waals surface area contributed by atoms with Crippen LogP contribution in [-0.4, -0.2) is 53.0 Å². The number of anilines is 1. The Morgan fingerprint density at radius 1 is 1.05 bits per heavy atom. The number of hydrogen-bond acceptors (Lipinski definition) is 5. The number of methoxy groups -OCH3 is 1. The van der Waals surface area contributed by atoms with E-state index in [1.165, 1.54) is 19.2 Å². The van der Waals surface area contributed by atoms with Crippen LogP contribution in [0.1, 0.15) is 39.9 Å². The Morgan fingerprint density at radius 2 is 1.79 bits per heavy atom. The van der Waals surface area contributed by atoms with E-state index >= 15 is 0 Å². The fraction of sp³-hybridized carbons (Fsp3) is 0.321. The number of esters is 1. The van der Waals surface area contributed by atoms with Crippen molar-refractivity contribution in [3.63, 3.8) is 0 Å². The van der Waals surface area contributed by atoms with Crippen molar-refractivity contribution in [1.29, 1.82) is 0 Å². The molecule has 7 nitrogen and oxygen atoms in total. The van der Waals surface area contributed by atoms with Gasteiger partial charge in [0, 0.05) is 50.3 Å². The Labute approximate surface area is 219 Å². The number of rotatable bonds is 7. The lowest BCUT2D eigenvalue weighted by Gasteiger charge is -2.38. The summed E-state index contributed by atoms with van der Waals surface area (Å²) in [5.41, 5.74) is 1.66. The van der Waals surface area contributed by atoms with Gasteiger partial charge in [-0.25, -0.2) is 9.59 Å². The molecule has 2 aromatic carbocycles. The number of pyridine rings is 1. The van der Waals surface area contributed by atoms with Crippen LogP contribution < -0.4 is 5.32 Å². The minimum atomic E-state index is -4.50. The molecule has 0 spiro atoms. The van der Waals surface area contributed by atoms with E-state index in [9.17, 15) is 22.8 Å². The van der Waals surface area contributed by atoms with Crippen molar-refractivity contribution in [3.8, 4) is 0 Å². The zero-order valence-electron chi connectivity index (χ0n) is 20.9. The number of likely N-dealkylation sites (tertiary alicyclic amines) is 1. The predicted octanol–water partition coefficient (Wildman–Crippen LogP) is 5.59. The minimum Gasteiger partial charge on any atom is -0.465 e. The molecule has 1 saturated heterocycles. The summed E-state index contributed by atoms with van der Waals surface area (Å²) in [5.74, 6) is -0.380. The zero-order valence-corrected chi connectivity index (χ0v) is 20.9. The van der Waals surface area contributed by atoms with Gasteiger partial charge in [0.1, 0.15) is 0 Å². The number of carbonyl (C=O) groups excluding carboxylic acids is 2. The SMILES string of the molecule is COC(=O)c1ccc(CN2CCC(N(Cc3cccnc3)C(=O)Nc3cccc(C(F)(F)F)c3)CC2)cc1. The molecule has 0 atom stereocenters. The highest BCUT2D eigenvalue weighted by Crippen LogP contribution is 2.31. The molecule has 0 aliphatic carbocycles. The lowest BCUT2D eigenvalue weighted by atomic mass is 10.0. The molecule has 38 heavy (non-hydrogen) atoms. The molecule has 0 saturated carbocycles. The van der Waals surface area contributed by atoms with Gasteiger partial charge in [0.15, 0.2) is 0 Å². The minimum absolute atomic E-state index is 0.0915. The van der Waals surface area contributed by atoms with Crippen molar-refractivity contribution < 1.29 is 27.5 Å². The first-order chi connectivity index (χ1) is 18.2. The third-order valence-corrected chi connectivity index (χ3v) is 6.56. The normalized spacial score (nSPS) is 14.6. The second-order valence-corrected chi connectivity index (χ2v) is 9.19. The van der Waals surface area contributed by atoms with E-state index < -0.39 is 17.8 Å². The number of benzene rings is 2. The molecule has 0 radical (unpaired) electrons. The van der Waals surface area contributed by atoms with Gasteiger partial charge in [-0.2, -0.15) is 13.2 Å². The first-order valence-electron chi connectivity index (χ1n) is 12.3. The molecule has 1 N–H and O–H groups in total. The average Bonchev–Trinajstić information content (AvgIpc) is 2.92. The molecular formula is C28H29F3N4O3. The average molecular weight is 527 g/mol. The molecule has 3 aromatic rings. The predicted molar refractivity (Wildman–Crippen MR) is 136 cm³/mol. The van der Waals surface area contributed by atoms with Crippen LogP contribution in [0.3, 0.4) is 0 Å². The van der Waals surface area contributed by atoms with Crippen LogP contribution in [0.4, 0.5) is 23.7 Å². The molecule has 4 rings (SSSR count). The van der Waals surface area contributed by atoms with Gasteiger partial charge in [-0.05, 0) is 60.4 Å². The second-order valence-electron chi connectivity index (χ2n) is 9.19. The molecule has 1 aromatic heterocycles. The fourth-order valence-corrected chi connectivity index (χ4v) is 4.54. The van der Waals surface area contributed by atoms with Gasteiger partial charge < -0.3 is 15.0 Å². The summed E-state index contributed by atoms with van der Waals surface area (Å²) in [6, 6.07) is 15.0. The van der Waals surface area contributed by atoms with Crippen LogP contribution in [0.2, 0.25) is 0 Å². The summed E-state index contributed by atoms with van der Waals surface area (Å²) in [4.78, 5) is 33.1. The first-order valence-corrected chi connectivity index (χ1v) is 12.3. The van der Waals surface area contributed by atoms with E-state index in [1.807, 2.05) is 18.2 Å². The highest BCUT2D eigenvalue weighted by atomic mass is 19.4. The Morgan fingerprint density at radius 3 is 2.42 bits per heavy atom.